The van der Waals surface area contributed by atoms with Crippen molar-refractivity contribution >= 4 is 0 Å². The molecule has 5 nitrogen and oxygen atoms in total. The highest BCUT2D eigenvalue weighted by Gasteiger charge is 2.35. The molecule has 2 aromatic heterocycles. The van der Waals surface area contributed by atoms with Crippen LogP contribution in [0.25, 0.3) is 0 Å². The van der Waals surface area contributed by atoms with E-state index in [2.05, 4.69) is 9.97 Å². The molecule has 114 valence electrons. The van der Waals surface area contributed by atoms with Gasteiger partial charge in [0.05, 0.1) is 23.8 Å². The molecule has 2 heterocycles. The summed E-state index contributed by atoms with van der Waals surface area (Å²) in [7, 11) is 1.82. The number of pyridine rings is 1. The highest BCUT2D eigenvalue weighted by Crippen LogP contribution is 2.34. The van der Waals surface area contributed by atoms with Gasteiger partial charge in [-0.3, -0.25) is 4.98 Å². The van der Waals surface area contributed by atoms with Crippen LogP contribution in [0.3, 0.4) is 0 Å². The van der Waals surface area contributed by atoms with Crippen LogP contribution in [0.1, 0.15) is 22.4 Å². The fraction of sp³-hybridized carbons (Fsp3) is 0.118. The van der Waals surface area contributed by atoms with Gasteiger partial charge in [0.2, 0.25) is 0 Å². The second kappa shape index (κ2) is 5.63. The zero-order valence-electron chi connectivity index (χ0n) is 12.4. The standard InChI is InChI=1S/C17H14FN5/c1-23-11-22-10-16(23)17(20,14-3-2-6-21-9-14)13-5-4-12(8-19)15(18)7-13/h2-7,9-11H,20H2,1H3. The Morgan fingerprint density at radius 2 is 2.04 bits per heavy atom. The lowest BCUT2D eigenvalue weighted by molar-refractivity contribution is 0.576. The second-order valence-electron chi connectivity index (χ2n) is 5.25. The van der Waals surface area contributed by atoms with Gasteiger partial charge in [-0.2, -0.15) is 5.26 Å². The van der Waals surface area contributed by atoms with Crippen LogP contribution in [0.15, 0.2) is 55.2 Å². The first-order chi connectivity index (χ1) is 11.1. The van der Waals surface area contributed by atoms with Crippen molar-refractivity contribution in [2.24, 2.45) is 12.8 Å². The van der Waals surface area contributed by atoms with Crippen molar-refractivity contribution in [3.05, 3.63) is 83.5 Å². The molecule has 0 amide bonds. The Balaban J connectivity index is 2.28. The highest BCUT2D eigenvalue weighted by atomic mass is 19.1. The van der Waals surface area contributed by atoms with Crippen LogP contribution in [0.2, 0.25) is 0 Å². The highest BCUT2D eigenvalue weighted by molar-refractivity contribution is 5.47. The fourth-order valence-electron chi connectivity index (χ4n) is 2.65. The first-order valence-corrected chi connectivity index (χ1v) is 6.93. The summed E-state index contributed by atoms with van der Waals surface area (Å²) in [6.07, 6.45) is 6.56. The maximum atomic E-state index is 14.1. The first kappa shape index (κ1) is 14.9. The van der Waals surface area contributed by atoms with Crippen molar-refractivity contribution in [3.63, 3.8) is 0 Å². The minimum absolute atomic E-state index is 0.0210. The van der Waals surface area contributed by atoms with E-state index in [1.807, 2.05) is 19.2 Å². The lowest BCUT2D eigenvalue weighted by Gasteiger charge is -2.30. The monoisotopic (exact) mass is 307 g/mol. The maximum Gasteiger partial charge on any atom is 0.141 e. The van der Waals surface area contributed by atoms with Gasteiger partial charge in [0, 0.05) is 25.0 Å². The number of rotatable bonds is 3. The van der Waals surface area contributed by atoms with Crippen LogP contribution in [0, 0.1) is 17.1 Å². The number of aryl methyl sites for hydroxylation is 1. The first-order valence-electron chi connectivity index (χ1n) is 6.93. The number of benzene rings is 1. The molecule has 6 heteroatoms. The molecule has 0 radical (unpaired) electrons. The average molecular weight is 307 g/mol. The summed E-state index contributed by atoms with van der Waals surface area (Å²) in [6, 6.07) is 9.79. The summed E-state index contributed by atoms with van der Waals surface area (Å²) in [5.41, 5.74) is 7.48. The van der Waals surface area contributed by atoms with E-state index in [9.17, 15) is 4.39 Å². The maximum absolute atomic E-state index is 14.1. The molecule has 0 aliphatic heterocycles. The van der Waals surface area contributed by atoms with Crippen molar-refractivity contribution < 1.29 is 4.39 Å². The van der Waals surface area contributed by atoms with E-state index < -0.39 is 11.4 Å². The van der Waals surface area contributed by atoms with E-state index in [1.165, 1.54) is 12.1 Å². The molecule has 1 unspecified atom stereocenters. The largest absolute Gasteiger partial charge is 0.336 e. The van der Waals surface area contributed by atoms with Gasteiger partial charge < -0.3 is 10.3 Å². The van der Waals surface area contributed by atoms with Gasteiger partial charge in [0.1, 0.15) is 17.4 Å². The Kier molecular flexibility index (Phi) is 3.64. The third-order valence-corrected chi connectivity index (χ3v) is 3.88. The van der Waals surface area contributed by atoms with Crippen LogP contribution in [-0.2, 0) is 12.6 Å². The van der Waals surface area contributed by atoms with E-state index in [-0.39, 0.29) is 5.56 Å². The molecule has 3 rings (SSSR count). The number of hydrogen-bond donors (Lipinski definition) is 1. The zero-order chi connectivity index (χ0) is 16.4. The molecule has 2 N–H and O–H groups in total. The fourth-order valence-corrected chi connectivity index (χ4v) is 2.65. The Hall–Kier alpha value is -3.04. The van der Waals surface area contributed by atoms with Gasteiger partial charge >= 0.3 is 0 Å². The number of imidazole rings is 1. The van der Waals surface area contributed by atoms with Gasteiger partial charge in [-0.15, -0.1) is 0 Å². The summed E-state index contributed by atoms with van der Waals surface area (Å²) < 4.78 is 15.9. The van der Waals surface area contributed by atoms with Gasteiger partial charge in [0.25, 0.3) is 0 Å². The van der Waals surface area contributed by atoms with E-state index in [4.69, 9.17) is 11.0 Å². The normalized spacial score (nSPS) is 13.3. The van der Waals surface area contributed by atoms with Crippen LogP contribution in [0.4, 0.5) is 4.39 Å². The van der Waals surface area contributed by atoms with Crippen molar-refractivity contribution in [3.8, 4) is 6.07 Å². The van der Waals surface area contributed by atoms with E-state index in [0.717, 1.165) is 0 Å². The molecule has 1 aromatic carbocycles. The summed E-state index contributed by atoms with van der Waals surface area (Å²) in [5, 5.41) is 8.91. The van der Waals surface area contributed by atoms with Gasteiger partial charge in [-0.25, -0.2) is 9.37 Å². The van der Waals surface area contributed by atoms with Gasteiger partial charge in [0.15, 0.2) is 0 Å². The third kappa shape index (κ3) is 2.37. The summed E-state index contributed by atoms with van der Waals surface area (Å²) >= 11 is 0. The Bertz CT molecular complexity index is 881. The quantitative estimate of drug-likeness (QED) is 0.803. The number of nitrogens with zero attached hydrogens (tertiary/aromatic N) is 4. The smallest absolute Gasteiger partial charge is 0.141 e. The molecule has 0 bridgehead atoms. The molecular weight excluding hydrogens is 293 g/mol. The SMILES string of the molecule is Cn1cncc1C(N)(c1cccnc1)c1ccc(C#N)c(F)c1. The molecule has 3 aromatic rings. The summed E-state index contributed by atoms with van der Waals surface area (Å²) in [4.78, 5) is 8.23. The van der Waals surface area contributed by atoms with Crippen molar-refractivity contribution in [1.82, 2.24) is 14.5 Å². The molecule has 1 atom stereocenters. The Morgan fingerprint density at radius 3 is 2.61 bits per heavy atom. The zero-order valence-corrected chi connectivity index (χ0v) is 12.4. The minimum Gasteiger partial charge on any atom is -0.336 e. The molecule has 0 aliphatic rings. The predicted octanol–water partition coefficient (Wildman–Crippen LogP) is 2.08. The molecule has 0 saturated heterocycles. The topological polar surface area (TPSA) is 80.5 Å². The lowest BCUT2D eigenvalue weighted by atomic mass is 9.81. The lowest BCUT2D eigenvalue weighted by Crippen LogP contribution is -2.41. The van der Waals surface area contributed by atoms with Crippen LogP contribution in [0.5, 0.6) is 0 Å². The number of hydrogen-bond acceptors (Lipinski definition) is 4. The summed E-state index contributed by atoms with van der Waals surface area (Å²) in [6.45, 7) is 0. The average Bonchev–Trinajstić information content (AvgIpc) is 3.01. The van der Waals surface area contributed by atoms with Gasteiger partial charge in [-0.1, -0.05) is 12.1 Å². The predicted molar refractivity (Wildman–Crippen MR) is 82.6 cm³/mol. The van der Waals surface area contributed by atoms with E-state index >= 15 is 0 Å². The Morgan fingerprint density at radius 1 is 1.22 bits per heavy atom. The summed E-state index contributed by atoms with van der Waals surface area (Å²) in [5.74, 6) is -0.606. The number of nitriles is 1. The van der Waals surface area contributed by atoms with E-state index in [1.54, 1.807) is 41.6 Å². The van der Waals surface area contributed by atoms with Gasteiger partial charge in [-0.05, 0) is 23.8 Å². The number of halogens is 1. The molecular formula is C17H14FN5. The molecule has 0 aliphatic carbocycles. The molecule has 0 saturated carbocycles. The second-order valence-corrected chi connectivity index (χ2v) is 5.25. The van der Waals surface area contributed by atoms with Crippen LogP contribution in [-0.4, -0.2) is 14.5 Å². The Labute approximate surface area is 132 Å². The number of aromatic nitrogens is 3. The van der Waals surface area contributed by atoms with Crippen molar-refractivity contribution in [2.45, 2.75) is 5.54 Å². The number of nitrogens with two attached hydrogens (primary N) is 1. The molecule has 23 heavy (non-hydrogen) atoms. The van der Waals surface area contributed by atoms with Crippen molar-refractivity contribution in [1.29, 1.82) is 5.26 Å². The van der Waals surface area contributed by atoms with Crippen molar-refractivity contribution in [2.75, 3.05) is 0 Å². The van der Waals surface area contributed by atoms with Crippen LogP contribution >= 0.6 is 0 Å². The third-order valence-electron chi connectivity index (χ3n) is 3.88. The van der Waals surface area contributed by atoms with E-state index in [0.29, 0.717) is 16.8 Å². The van der Waals surface area contributed by atoms with Crippen LogP contribution < -0.4 is 5.73 Å². The molecule has 0 fully saturated rings. The molecule has 0 spiro atoms. The minimum atomic E-state index is -1.13.